The van der Waals surface area contributed by atoms with E-state index in [1.54, 1.807) is 0 Å². The maximum atomic E-state index is 8.94. The Labute approximate surface area is 121 Å². The molecule has 3 N–H and O–H groups in total. The summed E-state index contributed by atoms with van der Waals surface area (Å²) in [5.41, 5.74) is 0. The third-order valence-electron chi connectivity index (χ3n) is 3.50. The molecule has 2 rings (SSSR count). The fraction of sp³-hybridized carbons (Fsp3) is 0.733. The zero-order valence-corrected chi connectivity index (χ0v) is 12.5. The number of aliphatic hydroxyl groups is 1. The molecule has 0 spiro atoms. The molecule has 112 valence electrons. The fourth-order valence-electron chi connectivity index (χ4n) is 2.03. The summed E-state index contributed by atoms with van der Waals surface area (Å²) in [4.78, 5) is 9.20. The Hall–Kier alpha value is -1.36. The first-order valence-corrected chi connectivity index (χ1v) is 7.70. The number of hydrogen-bond donors (Lipinski definition) is 3. The molecule has 20 heavy (non-hydrogen) atoms. The molecule has 0 aliphatic heterocycles. The van der Waals surface area contributed by atoms with Gasteiger partial charge in [0, 0.05) is 31.7 Å². The van der Waals surface area contributed by atoms with Crippen LogP contribution >= 0.6 is 0 Å². The summed E-state index contributed by atoms with van der Waals surface area (Å²) in [6.07, 6.45) is 4.31. The van der Waals surface area contributed by atoms with E-state index in [0.717, 1.165) is 43.4 Å². The Kier molecular flexibility index (Phi) is 5.59. The van der Waals surface area contributed by atoms with Gasteiger partial charge in [-0.2, -0.15) is 0 Å². The van der Waals surface area contributed by atoms with Gasteiger partial charge in [-0.25, -0.2) is 9.97 Å². The lowest BCUT2D eigenvalue weighted by atomic mass is 10.1. The summed E-state index contributed by atoms with van der Waals surface area (Å²) in [6.45, 7) is 6.27. The number of aliphatic hydroxyl groups excluding tert-OH is 1. The Morgan fingerprint density at radius 1 is 1.30 bits per heavy atom. The van der Waals surface area contributed by atoms with Crippen LogP contribution in [0.3, 0.4) is 0 Å². The van der Waals surface area contributed by atoms with E-state index in [0.29, 0.717) is 11.8 Å². The minimum atomic E-state index is 0.239. The largest absolute Gasteiger partial charge is 0.396 e. The van der Waals surface area contributed by atoms with Gasteiger partial charge >= 0.3 is 0 Å². The predicted molar refractivity (Wildman–Crippen MR) is 82.1 cm³/mol. The number of aromatic nitrogens is 2. The van der Waals surface area contributed by atoms with Gasteiger partial charge in [-0.3, -0.25) is 0 Å². The number of nitrogens with zero attached hydrogens (tertiary/aromatic N) is 2. The van der Waals surface area contributed by atoms with Gasteiger partial charge in [-0.05, 0) is 31.6 Å². The summed E-state index contributed by atoms with van der Waals surface area (Å²) in [5.74, 6) is 3.76. The maximum Gasteiger partial charge on any atom is 0.136 e. The van der Waals surface area contributed by atoms with Crippen molar-refractivity contribution in [2.75, 3.05) is 30.3 Å². The molecule has 1 atom stereocenters. The molecule has 1 unspecified atom stereocenters. The average molecular weight is 278 g/mol. The highest BCUT2D eigenvalue weighted by molar-refractivity contribution is 5.48. The second kappa shape index (κ2) is 7.43. The van der Waals surface area contributed by atoms with Gasteiger partial charge in [0.2, 0.25) is 0 Å². The smallest absolute Gasteiger partial charge is 0.136 e. The summed E-state index contributed by atoms with van der Waals surface area (Å²) in [7, 11) is 0. The lowest BCUT2D eigenvalue weighted by Crippen LogP contribution is -2.15. The lowest BCUT2D eigenvalue weighted by Gasteiger charge is -2.14. The molecule has 1 saturated carbocycles. The Balaban J connectivity index is 2.00. The van der Waals surface area contributed by atoms with Crippen LogP contribution in [0.4, 0.5) is 11.6 Å². The predicted octanol–water partition coefficient (Wildman–Crippen LogP) is 2.61. The van der Waals surface area contributed by atoms with Crippen LogP contribution in [-0.4, -0.2) is 34.8 Å². The van der Waals surface area contributed by atoms with E-state index in [2.05, 4.69) is 34.4 Å². The van der Waals surface area contributed by atoms with Gasteiger partial charge in [0.05, 0.1) is 0 Å². The van der Waals surface area contributed by atoms with Gasteiger partial charge in [-0.1, -0.05) is 13.8 Å². The van der Waals surface area contributed by atoms with Crippen LogP contribution in [0.25, 0.3) is 0 Å². The standard InChI is InChI=1S/C15H26N4O/c1-3-7-16-13-9-14(17-10-11(2)6-8-20)19-15(18-13)12-4-5-12/h9,11-12,20H,3-8,10H2,1-2H3,(H2,16,17,18,19). The van der Waals surface area contributed by atoms with Crippen molar-refractivity contribution in [3.05, 3.63) is 11.9 Å². The second-order valence-corrected chi connectivity index (χ2v) is 5.70. The molecule has 0 bridgehead atoms. The van der Waals surface area contributed by atoms with Crippen molar-refractivity contribution in [2.45, 2.75) is 45.4 Å². The molecule has 0 saturated heterocycles. The van der Waals surface area contributed by atoms with Crippen LogP contribution in [0.5, 0.6) is 0 Å². The van der Waals surface area contributed by atoms with Crippen molar-refractivity contribution in [3.63, 3.8) is 0 Å². The van der Waals surface area contributed by atoms with Gasteiger partial charge in [-0.15, -0.1) is 0 Å². The molecule has 0 radical (unpaired) electrons. The topological polar surface area (TPSA) is 70.1 Å². The highest BCUT2D eigenvalue weighted by Gasteiger charge is 2.27. The molecule has 1 fully saturated rings. The van der Waals surface area contributed by atoms with Crippen molar-refractivity contribution in [3.8, 4) is 0 Å². The minimum Gasteiger partial charge on any atom is -0.396 e. The molecule has 1 aliphatic rings. The number of hydrogen-bond acceptors (Lipinski definition) is 5. The Bertz CT molecular complexity index is 420. The first-order valence-electron chi connectivity index (χ1n) is 7.70. The SMILES string of the molecule is CCCNc1cc(NCC(C)CCO)nc(C2CC2)n1. The van der Waals surface area contributed by atoms with Crippen LogP contribution in [0.2, 0.25) is 0 Å². The van der Waals surface area contributed by atoms with Crippen LogP contribution < -0.4 is 10.6 Å². The van der Waals surface area contributed by atoms with E-state index in [1.807, 2.05) is 6.07 Å². The van der Waals surface area contributed by atoms with Gasteiger partial charge in [0.1, 0.15) is 17.5 Å². The van der Waals surface area contributed by atoms with Gasteiger partial charge < -0.3 is 15.7 Å². The van der Waals surface area contributed by atoms with Crippen molar-refractivity contribution in [1.82, 2.24) is 9.97 Å². The average Bonchev–Trinajstić information content (AvgIpc) is 3.28. The lowest BCUT2D eigenvalue weighted by molar-refractivity contribution is 0.266. The van der Waals surface area contributed by atoms with E-state index < -0.39 is 0 Å². The Morgan fingerprint density at radius 2 is 2.00 bits per heavy atom. The molecule has 1 aromatic rings. The quantitative estimate of drug-likeness (QED) is 0.648. The summed E-state index contributed by atoms with van der Waals surface area (Å²) in [6, 6.07) is 1.98. The van der Waals surface area contributed by atoms with Crippen molar-refractivity contribution >= 4 is 11.6 Å². The van der Waals surface area contributed by atoms with Crippen LogP contribution in [0.1, 0.15) is 51.3 Å². The zero-order valence-electron chi connectivity index (χ0n) is 12.5. The monoisotopic (exact) mass is 278 g/mol. The van der Waals surface area contributed by atoms with Crippen molar-refractivity contribution < 1.29 is 5.11 Å². The third-order valence-corrected chi connectivity index (χ3v) is 3.50. The minimum absolute atomic E-state index is 0.239. The highest BCUT2D eigenvalue weighted by Crippen LogP contribution is 2.38. The molecular weight excluding hydrogens is 252 g/mol. The van der Waals surface area contributed by atoms with E-state index in [9.17, 15) is 0 Å². The summed E-state index contributed by atoms with van der Waals surface area (Å²) in [5, 5.41) is 15.6. The number of rotatable bonds is 9. The van der Waals surface area contributed by atoms with Gasteiger partial charge in [0.15, 0.2) is 0 Å². The second-order valence-electron chi connectivity index (χ2n) is 5.70. The highest BCUT2D eigenvalue weighted by atomic mass is 16.3. The molecule has 1 heterocycles. The molecule has 0 aromatic carbocycles. The van der Waals surface area contributed by atoms with E-state index in [4.69, 9.17) is 5.11 Å². The van der Waals surface area contributed by atoms with Crippen LogP contribution in [0.15, 0.2) is 6.07 Å². The molecular formula is C15H26N4O. The molecule has 5 heteroatoms. The summed E-state index contributed by atoms with van der Waals surface area (Å²) >= 11 is 0. The molecule has 0 amide bonds. The molecule has 1 aliphatic carbocycles. The molecule has 5 nitrogen and oxygen atoms in total. The van der Waals surface area contributed by atoms with Gasteiger partial charge in [0.25, 0.3) is 0 Å². The maximum absolute atomic E-state index is 8.94. The third kappa shape index (κ3) is 4.63. The first-order chi connectivity index (χ1) is 9.72. The van der Waals surface area contributed by atoms with E-state index >= 15 is 0 Å². The number of nitrogens with one attached hydrogen (secondary N) is 2. The van der Waals surface area contributed by atoms with E-state index in [1.165, 1.54) is 12.8 Å². The normalized spacial score (nSPS) is 15.9. The number of anilines is 2. The zero-order chi connectivity index (χ0) is 14.4. The van der Waals surface area contributed by atoms with Crippen LogP contribution in [0, 0.1) is 5.92 Å². The molecule has 1 aromatic heterocycles. The van der Waals surface area contributed by atoms with Crippen molar-refractivity contribution in [1.29, 1.82) is 0 Å². The fourth-order valence-corrected chi connectivity index (χ4v) is 2.03. The van der Waals surface area contributed by atoms with Crippen molar-refractivity contribution in [2.24, 2.45) is 5.92 Å². The summed E-state index contributed by atoms with van der Waals surface area (Å²) < 4.78 is 0. The van der Waals surface area contributed by atoms with Crippen LogP contribution in [-0.2, 0) is 0 Å². The first kappa shape index (κ1) is 15.0. The van der Waals surface area contributed by atoms with E-state index in [-0.39, 0.29) is 6.61 Å². The Morgan fingerprint density at radius 3 is 2.60 bits per heavy atom.